The Morgan fingerprint density at radius 3 is 2.50 bits per heavy atom. The number of halogens is 3. The molecule has 0 radical (unpaired) electrons. The topological polar surface area (TPSA) is 99.5 Å². The molecule has 2 bridgehead atoms. The smallest absolute Gasteiger partial charge is 0.417 e. The number of esters is 1. The second kappa shape index (κ2) is 7.90. The van der Waals surface area contributed by atoms with Gasteiger partial charge in [-0.25, -0.2) is 4.90 Å². The fourth-order valence-electron chi connectivity index (χ4n) is 6.42. The first kappa shape index (κ1) is 22.7. The highest BCUT2D eigenvalue weighted by atomic mass is 19.4. The molecule has 184 valence electrons. The number of ether oxygens (including phenoxy) is 1. The summed E-state index contributed by atoms with van der Waals surface area (Å²) in [7, 11) is 0. The van der Waals surface area contributed by atoms with Gasteiger partial charge in [0.15, 0.2) is 0 Å². The largest absolute Gasteiger partial charge is 0.460 e. The predicted octanol–water partition coefficient (Wildman–Crippen LogP) is 3.03. The van der Waals surface area contributed by atoms with Crippen LogP contribution in [-0.4, -0.2) is 29.9 Å². The Kier molecular flexibility index (Phi) is 4.99. The lowest BCUT2D eigenvalue weighted by Gasteiger charge is -2.47. The third-order valence-electron chi connectivity index (χ3n) is 7.97. The molecule has 36 heavy (non-hydrogen) atoms. The van der Waals surface area contributed by atoms with Gasteiger partial charge < -0.3 is 10.1 Å². The number of benzene rings is 2. The lowest BCUT2D eigenvalue weighted by Crippen LogP contribution is -2.65. The van der Waals surface area contributed by atoms with E-state index in [-0.39, 0.29) is 24.1 Å². The Morgan fingerprint density at radius 1 is 1.08 bits per heavy atom. The van der Waals surface area contributed by atoms with Crippen LogP contribution in [0.2, 0.25) is 0 Å². The number of anilines is 1. The molecular weight excluding hydrogens is 475 g/mol. The number of nitriles is 1. The molecule has 2 saturated carbocycles. The zero-order valence-electron chi connectivity index (χ0n) is 18.7. The molecule has 7 atom stereocenters. The minimum atomic E-state index is -4.82. The highest BCUT2D eigenvalue weighted by molar-refractivity contribution is 6.23. The van der Waals surface area contributed by atoms with E-state index in [0.29, 0.717) is 6.07 Å². The summed E-state index contributed by atoms with van der Waals surface area (Å²) in [6.07, 6.45) is -4.04. The quantitative estimate of drug-likeness (QED) is 0.517. The van der Waals surface area contributed by atoms with Crippen LogP contribution < -0.4 is 10.2 Å². The number of alkyl halides is 3. The van der Waals surface area contributed by atoms with Crippen molar-refractivity contribution in [2.24, 2.45) is 29.6 Å². The Hall–Kier alpha value is -3.71. The normalized spacial score (nSPS) is 32.1. The molecule has 0 spiro atoms. The van der Waals surface area contributed by atoms with Gasteiger partial charge >= 0.3 is 12.1 Å². The summed E-state index contributed by atoms with van der Waals surface area (Å²) in [5.41, 5.74) is -1.20. The van der Waals surface area contributed by atoms with Crippen LogP contribution in [0.5, 0.6) is 0 Å². The van der Waals surface area contributed by atoms with E-state index in [2.05, 4.69) is 5.32 Å². The summed E-state index contributed by atoms with van der Waals surface area (Å²) < 4.78 is 46.1. The monoisotopic (exact) mass is 495 g/mol. The first-order chi connectivity index (χ1) is 17.2. The third kappa shape index (κ3) is 3.33. The summed E-state index contributed by atoms with van der Waals surface area (Å²) in [5.74, 6) is -3.52. The van der Waals surface area contributed by atoms with Crippen molar-refractivity contribution in [3.63, 3.8) is 0 Å². The van der Waals surface area contributed by atoms with Crippen molar-refractivity contribution in [2.75, 3.05) is 4.90 Å². The number of fused-ring (bicyclic) bond motifs is 1. The third-order valence-corrected chi connectivity index (χ3v) is 7.97. The van der Waals surface area contributed by atoms with Crippen LogP contribution in [0.15, 0.2) is 48.5 Å². The number of rotatable bonds is 4. The SMILES string of the molecule is N#Cc1ccc(N2C(=O)[C@@H]3[C@H](C2=O)[C@@H]2C4CC4[C@@H]3N[C@H]2C(=O)OCc2ccccc2)cc1C(F)(F)F. The highest BCUT2D eigenvalue weighted by Crippen LogP contribution is 2.63. The zero-order chi connectivity index (χ0) is 25.4. The number of imide groups is 1. The number of hydrogen-bond acceptors (Lipinski definition) is 6. The van der Waals surface area contributed by atoms with Crippen molar-refractivity contribution in [1.82, 2.24) is 5.32 Å². The van der Waals surface area contributed by atoms with Crippen molar-refractivity contribution in [3.05, 3.63) is 65.2 Å². The molecule has 10 heteroatoms. The fourth-order valence-corrected chi connectivity index (χ4v) is 6.42. The molecule has 7 nitrogen and oxygen atoms in total. The summed E-state index contributed by atoms with van der Waals surface area (Å²) in [5, 5.41) is 12.3. The van der Waals surface area contributed by atoms with Gasteiger partial charge in [-0.2, -0.15) is 18.4 Å². The molecule has 3 aliphatic heterocycles. The summed E-state index contributed by atoms with van der Waals surface area (Å²) in [6, 6.07) is 12.3. The molecule has 3 heterocycles. The first-order valence-electron chi connectivity index (χ1n) is 11.7. The Bertz CT molecular complexity index is 1320. The van der Waals surface area contributed by atoms with E-state index >= 15 is 0 Å². The number of amides is 2. The molecule has 0 aromatic heterocycles. The van der Waals surface area contributed by atoms with Crippen LogP contribution in [0, 0.1) is 40.9 Å². The van der Waals surface area contributed by atoms with E-state index < -0.39 is 64.9 Å². The van der Waals surface area contributed by atoms with Crippen molar-refractivity contribution in [1.29, 1.82) is 5.26 Å². The van der Waals surface area contributed by atoms with Gasteiger partial charge in [0.25, 0.3) is 0 Å². The molecule has 5 aliphatic rings. The lowest BCUT2D eigenvalue weighted by molar-refractivity contribution is -0.156. The van der Waals surface area contributed by atoms with E-state index in [0.717, 1.165) is 23.0 Å². The molecule has 5 fully saturated rings. The van der Waals surface area contributed by atoms with Crippen LogP contribution in [-0.2, 0) is 31.9 Å². The molecule has 2 unspecified atom stereocenters. The zero-order valence-corrected chi connectivity index (χ0v) is 18.7. The Morgan fingerprint density at radius 2 is 1.81 bits per heavy atom. The molecule has 2 amide bonds. The van der Waals surface area contributed by atoms with Crippen molar-refractivity contribution in [2.45, 2.75) is 31.3 Å². The molecule has 2 aromatic rings. The Labute approximate surface area is 203 Å². The Balaban J connectivity index is 1.29. The number of carbonyl (C=O) groups excluding carboxylic acids is 3. The van der Waals surface area contributed by atoms with Gasteiger partial charge in [0.1, 0.15) is 12.6 Å². The second-order valence-electron chi connectivity index (χ2n) is 9.81. The minimum absolute atomic E-state index is 0.0713. The molecule has 1 N–H and O–H groups in total. The van der Waals surface area contributed by atoms with Crippen molar-refractivity contribution in [3.8, 4) is 6.07 Å². The van der Waals surface area contributed by atoms with Gasteiger partial charge in [0, 0.05) is 12.0 Å². The summed E-state index contributed by atoms with van der Waals surface area (Å²) in [6.45, 7) is 0.0713. The molecule has 2 aromatic carbocycles. The number of nitrogens with one attached hydrogen (secondary N) is 1. The van der Waals surface area contributed by atoms with Gasteiger partial charge in [-0.3, -0.25) is 14.4 Å². The van der Waals surface area contributed by atoms with Gasteiger partial charge in [-0.05, 0) is 42.0 Å². The van der Waals surface area contributed by atoms with Crippen LogP contribution in [0.25, 0.3) is 0 Å². The number of carbonyl (C=O) groups is 3. The van der Waals surface area contributed by atoms with E-state index in [1.54, 1.807) is 0 Å². The van der Waals surface area contributed by atoms with Crippen LogP contribution in [0.1, 0.15) is 23.1 Å². The van der Waals surface area contributed by atoms with E-state index in [1.807, 2.05) is 30.3 Å². The fraction of sp³-hybridized carbons (Fsp3) is 0.385. The van der Waals surface area contributed by atoms with E-state index in [4.69, 9.17) is 10.00 Å². The summed E-state index contributed by atoms with van der Waals surface area (Å²) in [4.78, 5) is 40.8. The molecule has 2 aliphatic carbocycles. The van der Waals surface area contributed by atoms with Crippen LogP contribution in [0.3, 0.4) is 0 Å². The number of piperidine rings is 2. The van der Waals surface area contributed by atoms with Gasteiger partial charge in [0.2, 0.25) is 11.8 Å². The minimum Gasteiger partial charge on any atom is -0.460 e. The van der Waals surface area contributed by atoms with E-state index in [1.165, 1.54) is 12.1 Å². The second-order valence-corrected chi connectivity index (χ2v) is 9.81. The van der Waals surface area contributed by atoms with Crippen molar-refractivity contribution < 1.29 is 32.3 Å². The number of nitrogens with zero attached hydrogens (tertiary/aromatic N) is 2. The van der Waals surface area contributed by atoms with E-state index in [9.17, 15) is 27.6 Å². The van der Waals surface area contributed by atoms with Gasteiger partial charge in [0.05, 0.1) is 34.7 Å². The first-order valence-corrected chi connectivity index (χ1v) is 11.7. The lowest BCUT2D eigenvalue weighted by atomic mass is 9.64. The predicted molar refractivity (Wildman–Crippen MR) is 118 cm³/mol. The average Bonchev–Trinajstić information content (AvgIpc) is 3.64. The van der Waals surface area contributed by atoms with Crippen LogP contribution >= 0.6 is 0 Å². The maximum atomic E-state index is 13.5. The van der Waals surface area contributed by atoms with Crippen molar-refractivity contribution >= 4 is 23.5 Å². The summed E-state index contributed by atoms with van der Waals surface area (Å²) >= 11 is 0. The maximum absolute atomic E-state index is 13.5. The van der Waals surface area contributed by atoms with Gasteiger partial charge in [-0.1, -0.05) is 30.3 Å². The average molecular weight is 495 g/mol. The van der Waals surface area contributed by atoms with Crippen LogP contribution in [0.4, 0.5) is 18.9 Å². The maximum Gasteiger partial charge on any atom is 0.417 e. The molecule has 3 saturated heterocycles. The molecule has 7 rings (SSSR count). The highest BCUT2D eigenvalue weighted by Gasteiger charge is 2.72. The number of hydrogen-bond donors (Lipinski definition) is 1. The van der Waals surface area contributed by atoms with Gasteiger partial charge in [-0.15, -0.1) is 0 Å². The molecular formula is C26H20F3N3O4. The standard InChI is InChI=1S/C26H20F3N3O4/c27-26(28,29)17-8-14(7-6-13(17)10-30)32-23(33)19-18-15-9-16(15)21(20(19)24(32)34)31-22(18)25(35)36-11-12-4-2-1-3-5-12/h1-8,15-16,18-22,31H,9,11H2/t15?,16?,18-,19+,20+,21-,22+/m0/s1.